The van der Waals surface area contributed by atoms with Crippen LogP contribution in [0.1, 0.15) is 42.4 Å². The average Bonchev–Trinajstić information content (AvgIpc) is 3.02. The molecule has 3 heterocycles. The number of benzene rings is 1. The van der Waals surface area contributed by atoms with Crippen molar-refractivity contribution >= 4 is 17.6 Å². The third-order valence-electron chi connectivity index (χ3n) is 5.62. The fraction of sp³-hybridized carbons (Fsp3) is 0.391. The molecule has 0 radical (unpaired) electrons. The molecule has 0 saturated carbocycles. The summed E-state index contributed by atoms with van der Waals surface area (Å²) >= 11 is 0. The molecule has 1 saturated heterocycles. The van der Waals surface area contributed by atoms with Crippen LogP contribution in [0.5, 0.6) is 0 Å². The SMILES string of the molecule is CCOC(=O)C=Cc1cnc2n1CCc1ccccc1C2=C1CCN(C)CC1. The lowest BCUT2D eigenvalue weighted by molar-refractivity contribution is -0.137. The number of hydrogen-bond acceptors (Lipinski definition) is 4. The molecule has 2 aliphatic rings. The van der Waals surface area contributed by atoms with E-state index in [9.17, 15) is 4.79 Å². The van der Waals surface area contributed by atoms with E-state index < -0.39 is 0 Å². The molecule has 5 nitrogen and oxygen atoms in total. The second kappa shape index (κ2) is 8.15. The summed E-state index contributed by atoms with van der Waals surface area (Å²) in [5, 5.41) is 0. The Morgan fingerprint density at radius 3 is 2.75 bits per heavy atom. The Labute approximate surface area is 166 Å². The molecule has 2 aliphatic heterocycles. The zero-order chi connectivity index (χ0) is 19.5. The van der Waals surface area contributed by atoms with Crippen LogP contribution in [0.4, 0.5) is 0 Å². The molecule has 0 aliphatic carbocycles. The Balaban J connectivity index is 1.79. The van der Waals surface area contributed by atoms with E-state index in [1.165, 1.54) is 28.3 Å². The predicted molar refractivity (Wildman–Crippen MR) is 111 cm³/mol. The number of aromatic nitrogens is 2. The lowest BCUT2D eigenvalue weighted by Crippen LogP contribution is -2.27. The largest absolute Gasteiger partial charge is 0.463 e. The van der Waals surface area contributed by atoms with Crippen LogP contribution in [-0.4, -0.2) is 47.2 Å². The van der Waals surface area contributed by atoms with E-state index in [4.69, 9.17) is 9.72 Å². The van der Waals surface area contributed by atoms with Gasteiger partial charge in [-0.3, -0.25) is 0 Å². The summed E-state index contributed by atoms with van der Waals surface area (Å²) in [6.45, 7) is 5.21. The zero-order valence-electron chi connectivity index (χ0n) is 16.6. The van der Waals surface area contributed by atoms with E-state index >= 15 is 0 Å². The molecule has 28 heavy (non-hydrogen) atoms. The molecule has 0 unspecified atom stereocenters. The van der Waals surface area contributed by atoms with Crippen molar-refractivity contribution in [3.63, 3.8) is 0 Å². The molecule has 0 N–H and O–H groups in total. The summed E-state index contributed by atoms with van der Waals surface area (Å²) in [6.07, 6.45) is 8.28. The van der Waals surface area contributed by atoms with E-state index in [-0.39, 0.29) is 5.97 Å². The number of carbonyl (C=O) groups is 1. The van der Waals surface area contributed by atoms with Crippen molar-refractivity contribution in [3.8, 4) is 0 Å². The van der Waals surface area contributed by atoms with Crippen LogP contribution in [0.3, 0.4) is 0 Å². The van der Waals surface area contributed by atoms with Crippen molar-refractivity contribution in [2.45, 2.75) is 32.7 Å². The summed E-state index contributed by atoms with van der Waals surface area (Å²) in [5.74, 6) is 0.705. The van der Waals surface area contributed by atoms with E-state index in [0.717, 1.165) is 50.4 Å². The maximum absolute atomic E-state index is 11.7. The van der Waals surface area contributed by atoms with Gasteiger partial charge in [0.15, 0.2) is 0 Å². The van der Waals surface area contributed by atoms with Crippen molar-refractivity contribution in [1.82, 2.24) is 14.5 Å². The molecule has 4 rings (SSSR count). The molecule has 1 aromatic heterocycles. The van der Waals surface area contributed by atoms with Crippen molar-refractivity contribution in [1.29, 1.82) is 0 Å². The minimum Gasteiger partial charge on any atom is -0.463 e. The van der Waals surface area contributed by atoms with Crippen LogP contribution in [0.25, 0.3) is 11.6 Å². The zero-order valence-corrected chi connectivity index (χ0v) is 16.6. The maximum Gasteiger partial charge on any atom is 0.330 e. The maximum atomic E-state index is 11.7. The molecule has 1 fully saturated rings. The van der Waals surface area contributed by atoms with Gasteiger partial charge in [0.1, 0.15) is 5.82 Å². The first kappa shape index (κ1) is 18.7. The highest BCUT2D eigenvalue weighted by Gasteiger charge is 2.25. The number of imidazole rings is 1. The van der Waals surface area contributed by atoms with Crippen LogP contribution >= 0.6 is 0 Å². The summed E-state index contributed by atoms with van der Waals surface area (Å²) in [7, 11) is 2.18. The summed E-state index contributed by atoms with van der Waals surface area (Å²) in [4.78, 5) is 18.9. The van der Waals surface area contributed by atoms with Crippen molar-refractivity contribution in [3.05, 3.63) is 64.8 Å². The number of nitrogens with zero attached hydrogens (tertiary/aromatic N) is 3. The van der Waals surface area contributed by atoms with Gasteiger partial charge in [0, 0.05) is 31.3 Å². The average molecular weight is 377 g/mol. The minimum atomic E-state index is -0.316. The quantitative estimate of drug-likeness (QED) is 0.606. The van der Waals surface area contributed by atoms with E-state index in [0.29, 0.717) is 6.61 Å². The standard InChI is InChI=1S/C23H27N3O2/c1-3-28-21(27)9-8-19-16-24-23-22(18-10-13-25(2)14-11-18)20-7-5-4-6-17(20)12-15-26(19)23/h4-9,16H,3,10-15H2,1-2H3. The van der Waals surface area contributed by atoms with Gasteiger partial charge in [-0.1, -0.05) is 29.8 Å². The molecular formula is C23H27N3O2. The molecule has 146 valence electrons. The Morgan fingerprint density at radius 2 is 1.96 bits per heavy atom. The number of hydrogen-bond donors (Lipinski definition) is 0. The first-order valence-corrected chi connectivity index (χ1v) is 10.1. The van der Waals surface area contributed by atoms with Crippen LogP contribution in [0.15, 0.2) is 42.1 Å². The number of esters is 1. The lowest BCUT2D eigenvalue weighted by Gasteiger charge is -2.26. The number of piperidine rings is 1. The van der Waals surface area contributed by atoms with Crippen LogP contribution in [0.2, 0.25) is 0 Å². The van der Waals surface area contributed by atoms with E-state index in [1.807, 2.05) is 19.2 Å². The Hall–Kier alpha value is -2.66. The topological polar surface area (TPSA) is 47.4 Å². The summed E-state index contributed by atoms with van der Waals surface area (Å²) < 4.78 is 7.26. The van der Waals surface area contributed by atoms with Gasteiger partial charge in [-0.15, -0.1) is 0 Å². The fourth-order valence-electron chi connectivity index (χ4n) is 4.12. The van der Waals surface area contributed by atoms with E-state index in [2.05, 4.69) is 40.8 Å². The number of aryl methyl sites for hydroxylation is 1. The van der Waals surface area contributed by atoms with E-state index in [1.54, 1.807) is 0 Å². The molecule has 1 aromatic carbocycles. The summed E-state index contributed by atoms with van der Waals surface area (Å²) in [5.41, 5.74) is 6.40. The number of fused-ring (bicyclic) bond motifs is 2. The highest BCUT2D eigenvalue weighted by Crippen LogP contribution is 2.36. The normalized spacial score (nSPS) is 17.4. The van der Waals surface area contributed by atoms with Crippen molar-refractivity contribution < 1.29 is 9.53 Å². The highest BCUT2D eigenvalue weighted by atomic mass is 16.5. The number of rotatable bonds is 3. The third kappa shape index (κ3) is 3.67. The lowest BCUT2D eigenvalue weighted by atomic mass is 9.90. The van der Waals surface area contributed by atoms with Crippen molar-refractivity contribution in [2.24, 2.45) is 0 Å². The second-order valence-electron chi connectivity index (χ2n) is 7.43. The van der Waals surface area contributed by atoms with Crippen molar-refractivity contribution in [2.75, 3.05) is 26.7 Å². The van der Waals surface area contributed by atoms with Gasteiger partial charge >= 0.3 is 5.97 Å². The molecular weight excluding hydrogens is 350 g/mol. The van der Waals surface area contributed by atoms with Crippen LogP contribution in [-0.2, 0) is 22.5 Å². The highest BCUT2D eigenvalue weighted by molar-refractivity contribution is 5.87. The van der Waals surface area contributed by atoms with Gasteiger partial charge in [-0.25, -0.2) is 9.78 Å². The fourth-order valence-corrected chi connectivity index (χ4v) is 4.12. The second-order valence-corrected chi connectivity index (χ2v) is 7.43. The van der Waals surface area contributed by atoms with Gasteiger partial charge in [0.25, 0.3) is 0 Å². The summed E-state index contributed by atoms with van der Waals surface area (Å²) in [6, 6.07) is 8.69. The molecule has 5 heteroatoms. The van der Waals surface area contributed by atoms with Crippen LogP contribution < -0.4 is 0 Å². The Morgan fingerprint density at radius 1 is 1.18 bits per heavy atom. The van der Waals surface area contributed by atoms with Gasteiger partial charge in [0.2, 0.25) is 0 Å². The van der Waals surface area contributed by atoms with Gasteiger partial charge in [0.05, 0.1) is 18.5 Å². The molecule has 0 atom stereocenters. The molecule has 0 spiro atoms. The van der Waals surface area contributed by atoms with Gasteiger partial charge in [-0.05, 0) is 50.4 Å². The Bertz CT molecular complexity index is 929. The molecule has 2 aromatic rings. The number of ether oxygens (including phenoxy) is 1. The molecule has 0 bridgehead atoms. The monoisotopic (exact) mass is 377 g/mol. The first-order chi connectivity index (χ1) is 13.7. The number of carbonyl (C=O) groups excluding carboxylic acids is 1. The molecule has 0 amide bonds. The van der Waals surface area contributed by atoms with Gasteiger partial charge in [-0.2, -0.15) is 0 Å². The minimum absolute atomic E-state index is 0.316. The van der Waals surface area contributed by atoms with Crippen LogP contribution in [0, 0.1) is 0 Å². The van der Waals surface area contributed by atoms with Gasteiger partial charge < -0.3 is 14.2 Å². The Kier molecular flexibility index (Phi) is 5.44. The predicted octanol–water partition coefficient (Wildman–Crippen LogP) is 3.54. The number of likely N-dealkylation sites (tertiary alicyclic amines) is 1. The smallest absolute Gasteiger partial charge is 0.330 e. The first-order valence-electron chi connectivity index (χ1n) is 10.1. The third-order valence-corrected chi connectivity index (χ3v) is 5.62.